The van der Waals surface area contributed by atoms with Crippen molar-refractivity contribution in [2.45, 2.75) is 65.0 Å². The number of nitrogens with zero attached hydrogens (tertiary/aromatic N) is 1. The fourth-order valence-corrected chi connectivity index (χ4v) is 4.45. The van der Waals surface area contributed by atoms with Crippen molar-refractivity contribution in [2.24, 2.45) is 17.8 Å². The monoisotopic (exact) mass is 296 g/mol. The molecule has 124 valence electrons. The Kier molecular flexibility index (Phi) is 6.97. The minimum Gasteiger partial charge on any atom is -0.377 e. The zero-order valence-electron chi connectivity index (χ0n) is 14.6. The molecule has 1 saturated heterocycles. The molecule has 1 N–H and O–H groups in total. The lowest BCUT2D eigenvalue weighted by atomic mass is 9.72. The summed E-state index contributed by atoms with van der Waals surface area (Å²) < 4.78 is 5.99. The molecule has 1 aliphatic carbocycles. The summed E-state index contributed by atoms with van der Waals surface area (Å²) in [7, 11) is 2.14. The molecule has 1 saturated carbocycles. The third kappa shape index (κ3) is 4.94. The Labute approximate surface area is 131 Å². The fourth-order valence-electron chi connectivity index (χ4n) is 4.45. The molecule has 3 nitrogen and oxygen atoms in total. The van der Waals surface area contributed by atoms with Crippen LogP contribution >= 0.6 is 0 Å². The van der Waals surface area contributed by atoms with Gasteiger partial charge in [0.15, 0.2) is 0 Å². The summed E-state index contributed by atoms with van der Waals surface area (Å²) in [6.07, 6.45) is 6.90. The van der Waals surface area contributed by atoms with Crippen molar-refractivity contribution < 1.29 is 4.74 Å². The van der Waals surface area contributed by atoms with E-state index in [9.17, 15) is 0 Å². The van der Waals surface area contributed by atoms with Crippen LogP contribution < -0.4 is 5.32 Å². The van der Waals surface area contributed by atoms with Crippen LogP contribution in [-0.2, 0) is 4.74 Å². The largest absolute Gasteiger partial charge is 0.377 e. The smallest absolute Gasteiger partial charge is 0.0702 e. The van der Waals surface area contributed by atoms with Gasteiger partial charge in [0.1, 0.15) is 0 Å². The molecule has 0 spiro atoms. The molecule has 0 amide bonds. The van der Waals surface area contributed by atoms with Gasteiger partial charge < -0.3 is 15.0 Å². The van der Waals surface area contributed by atoms with Gasteiger partial charge in [0.25, 0.3) is 0 Å². The maximum atomic E-state index is 5.99. The predicted molar refractivity (Wildman–Crippen MR) is 89.6 cm³/mol. The molecule has 3 heteroatoms. The van der Waals surface area contributed by atoms with Gasteiger partial charge in [0, 0.05) is 25.7 Å². The molecular formula is C18H36N2O. The molecule has 2 fully saturated rings. The molecule has 5 atom stereocenters. The molecule has 5 unspecified atom stereocenters. The van der Waals surface area contributed by atoms with Crippen molar-refractivity contribution in [3.05, 3.63) is 0 Å². The fraction of sp³-hybridized carbons (Fsp3) is 1.00. The lowest BCUT2D eigenvalue weighted by Crippen LogP contribution is -2.50. The predicted octanol–water partition coefficient (Wildman–Crippen LogP) is 3.15. The average Bonchev–Trinajstić information content (AvgIpc) is 2.48. The number of hydrogen-bond acceptors (Lipinski definition) is 3. The van der Waals surface area contributed by atoms with Gasteiger partial charge in [-0.1, -0.05) is 20.8 Å². The summed E-state index contributed by atoms with van der Waals surface area (Å²) in [6.45, 7) is 11.7. The van der Waals surface area contributed by atoms with Crippen molar-refractivity contribution in [3.63, 3.8) is 0 Å². The molecule has 0 aromatic rings. The van der Waals surface area contributed by atoms with Crippen LogP contribution in [0.5, 0.6) is 0 Å². The normalized spacial score (nSPS) is 38.6. The first-order chi connectivity index (χ1) is 10.1. The lowest BCUT2D eigenvalue weighted by molar-refractivity contribution is -0.0117. The van der Waals surface area contributed by atoms with E-state index >= 15 is 0 Å². The number of rotatable bonds is 6. The van der Waals surface area contributed by atoms with Crippen LogP contribution in [0.15, 0.2) is 0 Å². The first-order valence-corrected chi connectivity index (χ1v) is 9.15. The third-order valence-corrected chi connectivity index (χ3v) is 5.54. The topological polar surface area (TPSA) is 24.5 Å². The van der Waals surface area contributed by atoms with Gasteiger partial charge in [-0.15, -0.1) is 0 Å². The van der Waals surface area contributed by atoms with Crippen molar-refractivity contribution in [1.82, 2.24) is 10.2 Å². The second-order valence-corrected chi connectivity index (χ2v) is 7.51. The highest BCUT2D eigenvalue weighted by molar-refractivity contribution is 4.89. The molecule has 0 radical (unpaired) electrons. The molecule has 1 aliphatic heterocycles. The molecule has 0 aromatic carbocycles. The maximum Gasteiger partial charge on any atom is 0.0702 e. The van der Waals surface area contributed by atoms with E-state index in [4.69, 9.17) is 4.74 Å². The Hall–Kier alpha value is -0.120. The Balaban J connectivity index is 1.86. The highest BCUT2D eigenvalue weighted by Gasteiger charge is 2.35. The van der Waals surface area contributed by atoms with Crippen LogP contribution in [0, 0.1) is 17.8 Å². The molecule has 0 aromatic heterocycles. The van der Waals surface area contributed by atoms with E-state index in [1.807, 2.05) is 0 Å². The summed E-state index contributed by atoms with van der Waals surface area (Å²) in [5, 5.41) is 3.59. The third-order valence-electron chi connectivity index (χ3n) is 5.54. The summed E-state index contributed by atoms with van der Waals surface area (Å²) >= 11 is 0. The quantitative estimate of drug-likeness (QED) is 0.815. The molecule has 1 heterocycles. The molecule has 2 aliphatic rings. The van der Waals surface area contributed by atoms with Gasteiger partial charge in [-0.05, 0) is 63.5 Å². The van der Waals surface area contributed by atoms with Crippen LogP contribution in [-0.4, -0.2) is 50.3 Å². The summed E-state index contributed by atoms with van der Waals surface area (Å²) in [5.74, 6) is 2.51. The van der Waals surface area contributed by atoms with E-state index in [0.717, 1.165) is 37.3 Å². The highest BCUT2D eigenvalue weighted by Crippen LogP contribution is 2.34. The van der Waals surface area contributed by atoms with E-state index < -0.39 is 0 Å². The van der Waals surface area contributed by atoms with Gasteiger partial charge in [-0.2, -0.15) is 0 Å². The van der Waals surface area contributed by atoms with Crippen LogP contribution in [0.1, 0.15) is 52.9 Å². The van der Waals surface area contributed by atoms with E-state index in [2.05, 4.69) is 38.0 Å². The summed E-state index contributed by atoms with van der Waals surface area (Å²) in [5.41, 5.74) is 0. The Bertz CT molecular complexity index is 297. The lowest BCUT2D eigenvalue weighted by Gasteiger charge is -2.43. The van der Waals surface area contributed by atoms with E-state index in [-0.39, 0.29) is 0 Å². The zero-order chi connectivity index (χ0) is 15.2. The van der Waals surface area contributed by atoms with Crippen LogP contribution in [0.2, 0.25) is 0 Å². The number of nitrogens with one attached hydrogen (secondary N) is 1. The van der Waals surface area contributed by atoms with Crippen molar-refractivity contribution in [2.75, 3.05) is 33.3 Å². The Morgan fingerprint density at radius 2 is 2.05 bits per heavy atom. The van der Waals surface area contributed by atoms with E-state index in [0.29, 0.717) is 12.1 Å². The SMILES string of the molecule is CCCOC1CCCN(CC2C(C)CC(C)CC2NC)C1. The first kappa shape index (κ1) is 17.2. The number of likely N-dealkylation sites (tertiary alicyclic amines) is 1. The zero-order valence-corrected chi connectivity index (χ0v) is 14.6. The van der Waals surface area contributed by atoms with E-state index in [1.165, 1.54) is 38.8 Å². The molecule has 21 heavy (non-hydrogen) atoms. The van der Waals surface area contributed by atoms with Crippen molar-refractivity contribution in [3.8, 4) is 0 Å². The van der Waals surface area contributed by atoms with Gasteiger partial charge in [0.2, 0.25) is 0 Å². The molecule has 0 bridgehead atoms. The standard InChI is InChI=1S/C18H36N2O/c1-5-9-21-16-7-6-8-20(12-16)13-17-15(3)10-14(2)11-18(17)19-4/h14-19H,5-13H2,1-4H3. The van der Waals surface area contributed by atoms with Crippen LogP contribution in [0.25, 0.3) is 0 Å². The Morgan fingerprint density at radius 1 is 1.24 bits per heavy atom. The molecular weight excluding hydrogens is 260 g/mol. The van der Waals surface area contributed by atoms with E-state index in [1.54, 1.807) is 0 Å². The van der Waals surface area contributed by atoms with Gasteiger partial charge in [-0.3, -0.25) is 0 Å². The van der Waals surface area contributed by atoms with Gasteiger partial charge in [0.05, 0.1) is 6.10 Å². The second kappa shape index (κ2) is 8.50. The minimum absolute atomic E-state index is 0.476. The highest BCUT2D eigenvalue weighted by atomic mass is 16.5. The van der Waals surface area contributed by atoms with Crippen LogP contribution in [0.3, 0.4) is 0 Å². The first-order valence-electron chi connectivity index (χ1n) is 9.15. The second-order valence-electron chi connectivity index (χ2n) is 7.51. The maximum absolute atomic E-state index is 5.99. The Morgan fingerprint density at radius 3 is 2.76 bits per heavy atom. The van der Waals surface area contributed by atoms with Gasteiger partial charge >= 0.3 is 0 Å². The summed E-state index contributed by atoms with van der Waals surface area (Å²) in [4.78, 5) is 2.67. The minimum atomic E-state index is 0.476. The number of ether oxygens (including phenoxy) is 1. The average molecular weight is 296 g/mol. The molecule has 2 rings (SSSR count). The van der Waals surface area contributed by atoms with Crippen molar-refractivity contribution in [1.29, 1.82) is 0 Å². The van der Waals surface area contributed by atoms with Crippen molar-refractivity contribution >= 4 is 0 Å². The van der Waals surface area contributed by atoms with Gasteiger partial charge in [-0.25, -0.2) is 0 Å². The number of piperidine rings is 1. The summed E-state index contributed by atoms with van der Waals surface area (Å²) in [6, 6.07) is 0.695. The number of hydrogen-bond donors (Lipinski definition) is 1. The van der Waals surface area contributed by atoms with Crippen LogP contribution in [0.4, 0.5) is 0 Å².